The summed E-state index contributed by atoms with van der Waals surface area (Å²) in [5.41, 5.74) is 3.61. The topological polar surface area (TPSA) is 53.6 Å². The summed E-state index contributed by atoms with van der Waals surface area (Å²) < 4.78 is 2.00. The largest absolute Gasteiger partial charge is 0.384 e. The van der Waals surface area contributed by atoms with Crippen LogP contribution in [0, 0.1) is 25.2 Å². The summed E-state index contributed by atoms with van der Waals surface area (Å²) in [6.07, 6.45) is 0.930. The molecule has 0 aliphatic heterocycles. The van der Waals surface area contributed by atoms with Crippen molar-refractivity contribution in [1.82, 2.24) is 9.78 Å². The third-order valence-electron chi connectivity index (χ3n) is 3.07. The number of hydrogen-bond acceptors (Lipinski definition) is 3. The highest BCUT2D eigenvalue weighted by molar-refractivity contribution is 6.30. The van der Waals surface area contributed by atoms with Crippen molar-refractivity contribution in [1.29, 1.82) is 5.26 Å². The van der Waals surface area contributed by atoms with Crippen LogP contribution >= 0.6 is 11.6 Å². The molecule has 0 aliphatic carbocycles. The number of aryl methyl sites for hydroxylation is 3. The maximum absolute atomic E-state index is 9.04. The van der Waals surface area contributed by atoms with Gasteiger partial charge in [-0.2, -0.15) is 10.4 Å². The van der Waals surface area contributed by atoms with Crippen LogP contribution in [0.1, 0.15) is 23.4 Å². The van der Waals surface area contributed by atoms with Crippen LogP contribution in [0.15, 0.2) is 24.3 Å². The third-order valence-corrected chi connectivity index (χ3v) is 3.30. The fraction of sp³-hybridized carbons (Fsp3) is 0.333. The number of nitriles is 1. The molecule has 4 nitrogen and oxygen atoms in total. The fourth-order valence-corrected chi connectivity index (χ4v) is 2.29. The summed E-state index contributed by atoms with van der Waals surface area (Å²) in [6, 6.07) is 9.46. The van der Waals surface area contributed by atoms with Crippen LogP contribution in [0.2, 0.25) is 5.02 Å². The molecule has 0 atom stereocenters. The van der Waals surface area contributed by atoms with E-state index in [0.29, 0.717) is 10.6 Å². The maximum atomic E-state index is 9.04. The summed E-state index contributed by atoms with van der Waals surface area (Å²) in [5.74, 6) is 0. The van der Waals surface area contributed by atoms with Crippen LogP contribution in [0.3, 0.4) is 0 Å². The van der Waals surface area contributed by atoms with Gasteiger partial charge in [0, 0.05) is 23.8 Å². The van der Waals surface area contributed by atoms with E-state index < -0.39 is 0 Å². The zero-order valence-corrected chi connectivity index (χ0v) is 12.4. The van der Waals surface area contributed by atoms with Gasteiger partial charge >= 0.3 is 0 Å². The number of nitrogens with one attached hydrogen (secondary N) is 1. The first kappa shape index (κ1) is 14.4. The highest BCUT2D eigenvalue weighted by atomic mass is 35.5. The van der Waals surface area contributed by atoms with E-state index >= 15 is 0 Å². The number of nitrogens with zero attached hydrogens (tertiary/aromatic N) is 3. The average Bonchev–Trinajstić information content (AvgIpc) is 2.73. The first-order valence-electron chi connectivity index (χ1n) is 6.54. The summed E-state index contributed by atoms with van der Waals surface area (Å²) in [4.78, 5) is 0. The summed E-state index contributed by atoms with van der Waals surface area (Å²) in [5, 5.41) is 17.3. The maximum Gasteiger partial charge on any atom is 0.101 e. The van der Waals surface area contributed by atoms with E-state index in [0.717, 1.165) is 30.9 Å². The first-order valence-corrected chi connectivity index (χ1v) is 6.92. The van der Waals surface area contributed by atoms with Gasteiger partial charge in [0.1, 0.15) is 6.07 Å². The van der Waals surface area contributed by atoms with Crippen LogP contribution in [0.5, 0.6) is 0 Å². The molecule has 0 unspecified atom stereocenters. The molecule has 0 radical (unpaired) electrons. The van der Waals surface area contributed by atoms with E-state index in [4.69, 9.17) is 16.9 Å². The van der Waals surface area contributed by atoms with Crippen molar-refractivity contribution in [3.8, 4) is 6.07 Å². The Balaban J connectivity index is 1.89. The lowest BCUT2D eigenvalue weighted by atomic mass is 10.2. The molecule has 1 N–H and O–H groups in total. The lowest BCUT2D eigenvalue weighted by molar-refractivity contribution is 0.574. The van der Waals surface area contributed by atoms with Crippen molar-refractivity contribution in [3.05, 3.63) is 46.2 Å². The van der Waals surface area contributed by atoms with Gasteiger partial charge in [0.2, 0.25) is 0 Å². The highest BCUT2D eigenvalue weighted by Gasteiger charge is 2.03. The number of halogens is 1. The zero-order chi connectivity index (χ0) is 14.5. The van der Waals surface area contributed by atoms with Crippen molar-refractivity contribution in [2.45, 2.75) is 26.8 Å². The normalized spacial score (nSPS) is 10.3. The molecule has 0 aliphatic rings. The Kier molecular flexibility index (Phi) is 4.65. The molecule has 1 heterocycles. The number of hydrogen-bond donors (Lipinski definition) is 1. The molecule has 1 aromatic carbocycles. The molecule has 5 heteroatoms. The smallest absolute Gasteiger partial charge is 0.101 e. The van der Waals surface area contributed by atoms with Crippen LogP contribution in [-0.4, -0.2) is 16.3 Å². The van der Waals surface area contributed by atoms with Crippen LogP contribution in [0.4, 0.5) is 5.69 Å². The third kappa shape index (κ3) is 3.52. The summed E-state index contributed by atoms with van der Waals surface area (Å²) >= 11 is 5.94. The van der Waals surface area contributed by atoms with Crippen LogP contribution < -0.4 is 5.32 Å². The molecular formula is C15H17ClN4. The Morgan fingerprint density at radius 1 is 1.35 bits per heavy atom. The number of aromatic nitrogens is 2. The lowest BCUT2D eigenvalue weighted by Crippen LogP contribution is -2.09. The van der Waals surface area contributed by atoms with Gasteiger partial charge in [-0.05, 0) is 44.5 Å². The standard InChI is InChI=1S/C15H17ClN4/c1-11-8-12(2)20(19-11)7-3-6-18-15-9-14(16)5-4-13(15)10-17/h4-5,8-9,18H,3,6-7H2,1-2H3. The van der Waals surface area contributed by atoms with Crippen molar-refractivity contribution in [3.63, 3.8) is 0 Å². The van der Waals surface area contributed by atoms with Crippen molar-refractivity contribution >= 4 is 17.3 Å². The monoisotopic (exact) mass is 288 g/mol. The van der Waals surface area contributed by atoms with Gasteiger partial charge in [0.25, 0.3) is 0 Å². The fourth-order valence-electron chi connectivity index (χ4n) is 2.11. The molecule has 0 fully saturated rings. The zero-order valence-electron chi connectivity index (χ0n) is 11.7. The number of rotatable bonds is 5. The second-order valence-electron chi connectivity index (χ2n) is 4.73. The van der Waals surface area contributed by atoms with Crippen molar-refractivity contribution < 1.29 is 0 Å². The van der Waals surface area contributed by atoms with E-state index in [-0.39, 0.29) is 0 Å². The minimum Gasteiger partial charge on any atom is -0.384 e. The second kappa shape index (κ2) is 6.44. The van der Waals surface area contributed by atoms with Gasteiger partial charge in [-0.1, -0.05) is 11.6 Å². The van der Waals surface area contributed by atoms with Gasteiger partial charge < -0.3 is 5.32 Å². The van der Waals surface area contributed by atoms with E-state index in [2.05, 4.69) is 29.5 Å². The Hall–Kier alpha value is -1.99. The lowest BCUT2D eigenvalue weighted by Gasteiger charge is -2.09. The van der Waals surface area contributed by atoms with Gasteiger partial charge in [-0.15, -0.1) is 0 Å². The number of benzene rings is 1. The molecule has 1 aromatic heterocycles. The van der Waals surface area contributed by atoms with Crippen molar-refractivity contribution in [2.75, 3.05) is 11.9 Å². The van der Waals surface area contributed by atoms with E-state index in [9.17, 15) is 0 Å². The SMILES string of the molecule is Cc1cc(C)n(CCCNc2cc(Cl)ccc2C#N)n1. The Morgan fingerprint density at radius 3 is 2.80 bits per heavy atom. The van der Waals surface area contributed by atoms with Gasteiger partial charge in [-0.25, -0.2) is 0 Å². The molecular weight excluding hydrogens is 272 g/mol. The van der Waals surface area contributed by atoms with E-state index in [1.165, 1.54) is 5.69 Å². The number of anilines is 1. The van der Waals surface area contributed by atoms with Gasteiger partial charge in [0.15, 0.2) is 0 Å². The molecule has 0 spiro atoms. The van der Waals surface area contributed by atoms with Gasteiger partial charge in [-0.3, -0.25) is 4.68 Å². The molecule has 0 amide bonds. The summed E-state index contributed by atoms with van der Waals surface area (Å²) in [7, 11) is 0. The Bertz CT molecular complexity index is 640. The highest BCUT2D eigenvalue weighted by Crippen LogP contribution is 2.20. The molecule has 2 aromatic rings. The quantitative estimate of drug-likeness (QED) is 0.856. The van der Waals surface area contributed by atoms with Crippen molar-refractivity contribution in [2.24, 2.45) is 0 Å². The molecule has 0 bridgehead atoms. The Labute approximate surface area is 124 Å². The second-order valence-corrected chi connectivity index (χ2v) is 5.17. The minimum absolute atomic E-state index is 0.612. The van der Waals surface area contributed by atoms with Gasteiger partial charge in [0.05, 0.1) is 16.9 Å². The van der Waals surface area contributed by atoms with Crippen LogP contribution in [-0.2, 0) is 6.54 Å². The summed E-state index contributed by atoms with van der Waals surface area (Å²) in [6.45, 7) is 5.67. The Morgan fingerprint density at radius 2 is 2.15 bits per heavy atom. The molecule has 104 valence electrons. The first-order chi connectivity index (χ1) is 9.60. The average molecular weight is 289 g/mol. The molecule has 0 saturated carbocycles. The minimum atomic E-state index is 0.612. The predicted molar refractivity (Wildman–Crippen MR) is 81.0 cm³/mol. The van der Waals surface area contributed by atoms with E-state index in [1.807, 2.05) is 11.6 Å². The molecule has 0 saturated heterocycles. The molecule has 2 rings (SSSR count). The predicted octanol–water partition coefficient (Wildman–Crippen LogP) is 3.53. The molecule has 20 heavy (non-hydrogen) atoms. The van der Waals surface area contributed by atoms with Crippen LogP contribution in [0.25, 0.3) is 0 Å². The van der Waals surface area contributed by atoms with E-state index in [1.54, 1.807) is 18.2 Å².